The third-order valence-corrected chi connectivity index (χ3v) is 5.52. The van der Waals surface area contributed by atoms with Gasteiger partial charge in [-0.15, -0.1) is 0 Å². The van der Waals surface area contributed by atoms with Gasteiger partial charge in [0.15, 0.2) is 5.96 Å². The molecule has 3 unspecified atom stereocenters. The van der Waals surface area contributed by atoms with Crippen molar-refractivity contribution in [3.63, 3.8) is 0 Å². The molecule has 0 bridgehead atoms. The van der Waals surface area contributed by atoms with Gasteiger partial charge in [-0.2, -0.15) is 0 Å². The highest BCUT2D eigenvalue weighted by Crippen LogP contribution is 2.40. The van der Waals surface area contributed by atoms with E-state index in [4.69, 9.17) is 4.74 Å². The minimum atomic E-state index is 0.384. The standard InChI is InChI=1S/C22H28N4O/c1-23-22(25-19-14-18(19)16-8-4-3-5-9-16)24-17-12-13-26(15-17)20-10-6-7-11-21(20)27-2/h3-11,17-19H,12-15H2,1-2H3,(H2,23,24,25). The van der Waals surface area contributed by atoms with Gasteiger partial charge in [-0.1, -0.05) is 42.5 Å². The molecule has 0 amide bonds. The molecule has 0 spiro atoms. The fourth-order valence-electron chi connectivity index (χ4n) is 3.95. The molecule has 2 aliphatic rings. The van der Waals surface area contributed by atoms with Crippen LogP contribution in [-0.2, 0) is 0 Å². The molecule has 27 heavy (non-hydrogen) atoms. The summed E-state index contributed by atoms with van der Waals surface area (Å²) in [5.74, 6) is 2.44. The van der Waals surface area contributed by atoms with Gasteiger partial charge in [-0.3, -0.25) is 4.99 Å². The summed E-state index contributed by atoms with van der Waals surface area (Å²) in [6.45, 7) is 1.97. The van der Waals surface area contributed by atoms with Gasteiger partial charge in [-0.05, 0) is 30.5 Å². The average Bonchev–Trinajstić information content (AvgIpc) is 3.34. The first kappa shape index (κ1) is 17.7. The van der Waals surface area contributed by atoms with E-state index < -0.39 is 0 Å². The molecule has 2 aromatic carbocycles. The number of nitrogens with one attached hydrogen (secondary N) is 2. The number of ether oxygens (including phenoxy) is 1. The molecule has 1 heterocycles. The van der Waals surface area contributed by atoms with Crippen LogP contribution in [0.1, 0.15) is 24.3 Å². The van der Waals surface area contributed by atoms with E-state index in [0.717, 1.165) is 31.2 Å². The van der Waals surface area contributed by atoms with Crippen molar-refractivity contribution in [3.8, 4) is 5.75 Å². The topological polar surface area (TPSA) is 48.9 Å². The summed E-state index contributed by atoms with van der Waals surface area (Å²) >= 11 is 0. The average molecular weight is 364 g/mol. The Kier molecular flexibility index (Phi) is 5.19. The lowest BCUT2D eigenvalue weighted by molar-refractivity contribution is 0.415. The van der Waals surface area contributed by atoms with Crippen molar-refractivity contribution in [3.05, 3.63) is 60.2 Å². The summed E-state index contributed by atoms with van der Waals surface area (Å²) in [6, 6.07) is 19.8. The zero-order valence-electron chi connectivity index (χ0n) is 16.1. The lowest BCUT2D eigenvalue weighted by Gasteiger charge is -2.22. The highest BCUT2D eigenvalue weighted by Gasteiger charge is 2.39. The Morgan fingerprint density at radius 3 is 2.63 bits per heavy atom. The molecule has 0 radical (unpaired) electrons. The lowest BCUT2D eigenvalue weighted by atomic mass is 10.1. The molecule has 142 valence electrons. The van der Waals surface area contributed by atoms with Gasteiger partial charge in [0.1, 0.15) is 5.75 Å². The maximum absolute atomic E-state index is 5.51. The van der Waals surface area contributed by atoms with Crippen LogP contribution in [0.5, 0.6) is 5.75 Å². The fourth-order valence-corrected chi connectivity index (χ4v) is 3.95. The van der Waals surface area contributed by atoms with E-state index in [0.29, 0.717) is 18.0 Å². The molecular weight excluding hydrogens is 336 g/mol. The van der Waals surface area contributed by atoms with Crippen molar-refractivity contribution in [2.24, 2.45) is 4.99 Å². The number of benzene rings is 2. The second kappa shape index (κ2) is 7.91. The molecule has 5 nitrogen and oxygen atoms in total. The van der Waals surface area contributed by atoms with Crippen molar-refractivity contribution in [1.29, 1.82) is 0 Å². The highest BCUT2D eigenvalue weighted by molar-refractivity contribution is 5.81. The van der Waals surface area contributed by atoms with Crippen LogP contribution in [0.2, 0.25) is 0 Å². The Morgan fingerprint density at radius 2 is 1.85 bits per heavy atom. The Morgan fingerprint density at radius 1 is 1.07 bits per heavy atom. The van der Waals surface area contributed by atoms with E-state index in [9.17, 15) is 0 Å². The summed E-state index contributed by atoms with van der Waals surface area (Å²) in [5.41, 5.74) is 2.58. The van der Waals surface area contributed by atoms with Crippen molar-refractivity contribution in [1.82, 2.24) is 10.6 Å². The van der Waals surface area contributed by atoms with Gasteiger partial charge in [0.2, 0.25) is 0 Å². The molecule has 1 aliphatic carbocycles. The van der Waals surface area contributed by atoms with Crippen LogP contribution in [0.15, 0.2) is 59.6 Å². The molecule has 2 N–H and O–H groups in total. The van der Waals surface area contributed by atoms with E-state index in [2.05, 4.69) is 63.0 Å². The molecular formula is C22H28N4O. The molecule has 0 aromatic heterocycles. The quantitative estimate of drug-likeness (QED) is 0.633. The van der Waals surface area contributed by atoms with Gasteiger partial charge in [-0.25, -0.2) is 0 Å². The van der Waals surface area contributed by atoms with Crippen LogP contribution in [0.3, 0.4) is 0 Å². The highest BCUT2D eigenvalue weighted by atomic mass is 16.5. The SMILES string of the molecule is CN=C(NC1CCN(c2ccccc2OC)C1)NC1CC1c1ccccc1. The normalized spacial score (nSPS) is 24.6. The van der Waals surface area contributed by atoms with Crippen molar-refractivity contribution >= 4 is 11.6 Å². The number of guanidine groups is 1. The van der Waals surface area contributed by atoms with Crippen LogP contribution in [0.4, 0.5) is 5.69 Å². The van der Waals surface area contributed by atoms with Crippen LogP contribution in [0.25, 0.3) is 0 Å². The lowest BCUT2D eigenvalue weighted by Crippen LogP contribution is -2.45. The van der Waals surface area contributed by atoms with Crippen LogP contribution < -0.4 is 20.3 Å². The summed E-state index contributed by atoms with van der Waals surface area (Å²) in [7, 11) is 3.58. The Balaban J connectivity index is 1.31. The minimum Gasteiger partial charge on any atom is -0.495 e. The second-order valence-corrected chi connectivity index (χ2v) is 7.32. The predicted octanol–water partition coefficient (Wildman–Crippen LogP) is 3.00. The Bertz CT molecular complexity index is 792. The fraction of sp³-hybridized carbons (Fsp3) is 0.409. The first-order valence-corrected chi connectivity index (χ1v) is 9.71. The number of nitrogens with zero attached hydrogens (tertiary/aromatic N) is 2. The summed E-state index contributed by atoms with van der Waals surface area (Å²) in [6.07, 6.45) is 2.26. The van der Waals surface area contributed by atoms with E-state index in [1.54, 1.807) is 7.11 Å². The van der Waals surface area contributed by atoms with Gasteiger partial charge in [0.25, 0.3) is 0 Å². The monoisotopic (exact) mass is 364 g/mol. The Labute approximate surface area is 161 Å². The van der Waals surface area contributed by atoms with Gasteiger partial charge >= 0.3 is 0 Å². The Hall–Kier alpha value is -2.69. The molecule has 2 fully saturated rings. The number of hydrogen-bond donors (Lipinski definition) is 2. The number of methoxy groups -OCH3 is 1. The largest absolute Gasteiger partial charge is 0.495 e. The molecule has 1 saturated carbocycles. The summed E-state index contributed by atoms with van der Waals surface area (Å²) in [4.78, 5) is 6.83. The number of para-hydroxylation sites is 2. The van der Waals surface area contributed by atoms with E-state index in [-0.39, 0.29) is 0 Å². The van der Waals surface area contributed by atoms with Crippen LogP contribution >= 0.6 is 0 Å². The van der Waals surface area contributed by atoms with Crippen LogP contribution in [-0.4, -0.2) is 45.3 Å². The number of aliphatic imine (C=N–C) groups is 1. The number of rotatable bonds is 5. The zero-order valence-corrected chi connectivity index (χ0v) is 16.1. The molecule has 5 heteroatoms. The minimum absolute atomic E-state index is 0.384. The van der Waals surface area contributed by atoms with Gasteiger partial charge in [0, 0.05) is 38.1 Å². The van der Waals surface area contributed by atoms with E-state index in [1.807, 2.05) is 19.2 Å². The number of anilines is 1. The molecule has 4 rings (SSSR count). The second-order valence-electron chi connectivity index (χ2n) is 7.32. The van der Waals surface area contributed by atoms with Crippen LogP contribution in [0, 0.1) is 0 Å². The third kappa shape index (κ3) is 4.02. The molecule has 3 atom stereocenters. The van der Waals surface area contributed by atoms with Gasteiger partial charge in [0.05, 0.1) is 12.8 Å². The first-order valence-electron chi connectivity index (χ1n) is 9.71. The zero-order chi connectivity index (χ0) is 18.6. The maximum atomic E-state index is 5.51. The third-order valence-electron chi connectivity index (χ3n) is 5.52. The summed E-state index contributed by atoms with van der Waals surface area (Å²) in [5, 5.41) is 7.19. The smallest absolute Gasteiger partial charge is 0.191 e. The summed E-state index contributed by atoms with van der Waals surface area (Å²) < 4.78 is 5.51. The predicted molar refractivity (Wildman–Crippen MR) is 111 cm³/mol. The first-order chi connectivity index (χ1) is 13.3. The van der Waals surface area contributed by atoms with Crippen molar-refractivity contribution < 1.29 is 4.74 Å². The van der Waals surface area contributed by atoms with Crippen molar-refractivity contribution in [2.45, 2.75) is 30.8 Å². The van der Waals surface area contributed by atoms with E-state index >= 15 is 0 Å². The molecule has 1 saturated heterocycles. The van der Waals surface area contributed by atoms with Gasteiger partial charge < -0.3 is 20.3 Å². The maximum Gasteiger partial charge on any atom is 0.191 e. The molecule has 2 aromatic rings. The number of hydrogen-bond acceptors (Lipinski definition) is 3. The van der Waals surface area contributed by atoms with Crippen molar-refractivity contribution in [2.75, 3.05) is 32.1 Å². The molecule has 1 aliphatic heterocycles. The van der Waals surface area contributed by atoms with E-state index in [1.165, 1.54) is 17.7 Å².